The van der Waals surface area contributed by atoms with Gasteiger partial charge in [-0.05, 0) is 49.6 Å². The average molecular weight is 451 g/mol. The molecule has 0 saturated carbocycles. The number of aryl methyl sites for hydroxylation is 1. The summed E-state index contributed by atoms with van der Waals surface area (Å²) in [6.07, 6.45) is 4.75. The van der Waals surface area contributed by atoms with Gasteiger partial charge in [0.1, 0.15) is 28.7 Å². The van der Waals surface area contributed by atoms with E-state index in [9.17, 15) is 4.79 Å². The first kappa shape index (κ1) is 21.7. The van der Waals surface area contributed by atoms with Gasteiger partial charge in [-0.15, -0.1) is 0 Å². The number of fused-ring (bicyclic) bond motifs is 2. The zero-order valence-electron chi connectivity index (χ0n) is 19.1. The number of carbonyl (C=O) groups excluding carboxylic acids is 1. The van der Waals surface area contributed by atoms with Crippen LogP contribution in [0.4, 0.5) is 0 Å². The first-order valence-electron chi connectivity index (χ1n) is 11.4. The van der Waals surface area contributed by atoms with Crippen LogP contribution < -0.4 is 10.1 Å². The van der Waals surface area contributed by atoms with Crippen LogP contribution in [-0.4, -0.2) is 46.7 Å². The van der Waals surface area contributed by atoms with Gasteiger partial charge >= 0.3 is 0 Å². The Morgan fingerprint density at radius 1 is 1.27 bits per heavy atom. The Morgan fingerprint density at radius 2 is 2.12 bits per heavy atom. The molecule has 2 aromatic heterocycles. The van der Waals surface area contributed by atoms with Crippen molar-refractivity contribution in [2.45, 2.75) is 51.1 Å². The molecular formula is C25H30N4O4. The molecule has 1 N–H and O–H groups in total. The molecule has 1 saturated heterocycles. The highest BCUT2D eigenvalue weighted by Gasteiger charge is 2.47. The third-order valence-electron chi connectivity index (χ3n) is 6.59. The van der Waals surface area contributed by atoms with Gasteiger partial charge in [0.2, 0.25) is 0 Å². The van der Waals surface area contributed by atoms with Crippen LogP contribution in [0.1, 0.15) is 35.7 Å². The fraction of sp³-hybridized carbons (Fsp3) is 0.440. The zero-order valence-corrected chi connectivity index (χ0v) is 19.1. The minimum atomic E-state index is -0.559. The number of hydrogen-bond donors (Lipinski definition) is 1. The van der Waals surface area contributed by atoms with E-state index in [1.165, 1.54) is 0 Å². The molecule has 4 heterocycles. The minimum Gasteiger partial charge on any atom is -0.497 e. The molecule has 0 bridgehead atoms. The van der Waals surface area contributed by atoms with Gasteiger partial charge in [-0.25, -0.2) is 4.98 Å². The topological polar surface area (TPSA) is 81.8 Å². The number of hydrogen-bond acceptors (Lipinski definition) is 6. The lowest BCUT2D eigenvalue weighted by atomic mass is 9.88. The van der Waals surface area contributed by atoms with Crippen LogP contribution in [0.2, 0.25) is 0 Å². The number of methoxy groups -OCH3 is 1. The van der Waals surface area contributed by atoms with E-state index in [1.807, 2.05) is 49.5 Å². The summed E-state index contributed by atoms with van der Waals surface area (Å²) in [5.41, 5.74) is 0.438. The molecule has 1 spiro atoms. The van der Waals surface area contributed by atoms with Crippen molar-refractivity contribution >= 4 is 5.91 Å². The number of furan rings is 1. The van der Waals surface area contributed by atoms with Crippen molar-refractivity contribution in [2.75, 3.05) is 20.2 Å². The summed E-state index contributed by atoms with van der Waals surface area (Å²) in [6, 6.07) is 11.7. The van der Waals surface area contributed by atoms with Crippen LogP contribution in [0.5, 0.6) is 5.75 Å². The lowest BCUT2D eigenvalue weighted by molar-refractivity contribution is -0.174. The van der Waals surface area contributed by atoms with E-state index >= 15 is 0 Å². The maximum atomic E-state index is 13.1. The summed E-state index contributed by atoms with van der Waals surface area (Å²) < 4.78 is 19.6. The predicted molar refractivity (Wildman–Crippen MR) is 122 cm³/mol. The molecule has 8 heteroatoms. The van der Waals surface area contributed by atoms with Crippen molar-refractivity contribution in [1.29, 1.82) is 0 Å². The number of imidazole rings is 1. The van der Waals surface area contributed by atoms with Gasteiger partial charge in [0, 0.05) is 32.0 Å². The van der Waals surface area contributed by atoms with Gasteiger partial charge in [-0.1, -0.05) is 12.1 Å². The van der Waals surface area contributed by atoms with E-state index in [1.54, 1.807) is 13.3 Å². The minimum absolute atomic E-state index is 0.106. The van der Waals surface area contributed by atoms with Gasteiger partial charge < -0.3 is 23.8 Å². The zero-order chi connectivity index (χ0) is 22.8. The second-order valence-electron chi connectivity index (χ2n) is 8.86. The molecule has 0 aliphatic carbocycles. The van der Waals surface area contributed by atoms with E-state index in [0.29, 0.717) is 13.1 Å². The fourth-order valence-corrected chi connectivity index (χ4v) is 4.82. The summed E-state index contributed by atoms with van der Waals surface area (Å²) >= 11 is 0. The number of benzene rings is 1. The van der Waals surface area contributed by atoms with E-state index in [-0.39, 0.29) is 5.91 Å². The Morgan fingerprint density at radius 3 is 2.88 bits per heavy atom. The number of likely N-dealkylation sites (tertiary alicyclic amines) is 1. The normalized spacial score (nSPS) is 19.9. The van der Waals surface area contributed by atoms with Crippen LogP contribution in [0.25, 0.3) is 0 Å². The van der Waals surface area contributed by atoms with Crippen molar-refractivity contribution in [3.63, 3.8) is 0 Å². The number of ether oxygens (including phenoxy) is 2. The molecule has 174 valence electrons. The average Bonchev–Trinajstić information content (AvgIpc) is 3.48. The molecule has 3 aromatic rings. The van der Waals surface area contributed by atoms with E-state index in [2.05, 4.69) is 19.8 Å². The lowest BCUT2D eigenvalue weighted by Gasteiger charge is -2.45. The number of nitrogens with one attached hydrogen (secondary N) is 1. The number of amides is 1. The number of aromatic nitrogens is 2. The van der Waals surface area contributed by atoms with E-state index in [4.69, 9.17) is 13.9 Å². The quantitative estimate of drug-likeness (QED) is 0.622. The number of piperidine rings is 1. The maximum absolute atomic E-state index is 13.1. The van der Waals surface area contributed by atoms with Crippen molar-refractivity contribution in [1.82, 2.24) is 19.8 Å². The summed E-state index contributed by atoms with van der Waals surface area (Å²) in [5.74, 6) is 3.50. The highest BCUT2D eigenvalue weighted by Crippen LogP contribution is 2.40. The van der Waals surface area contributed by atoms with Gasteiger partial charge in [0.15, 0.2) is 6.10 Å². The SMILES string of the molecule is COc1cccc(CNC(=O)C2Cn3ccnc3C3(CCN(Cc4ccc(C)o4)CC3)O2)c1. The Bertz CT molecular complexity index is 1110. The molecule has 1 atom stereocenters. The first-order chi connectivity index (χ1) is 16.0. The molecule has 33 heavy (non-hydrogen) atoms. The fourth-order valence-electron chi connectivity index (χ4n) is 4.82. The van der Waals surface area contributed by atoms with Crippen LogP contribution >= 0.6 is 0 Å². The molecule has 2 aliphatic heterocycles. The van der Waals surface area contributed by atoms with E-state index < -0.39 is 11.7 Å². The molecule has 5 rings (SSSR count). The van der Waals surface area contributed by atoms with Crippen molar-refractivity contribution < 1.29 is 18.7 Å². The predicted octanol–water partition coefficient (Wildman–Crippen LogP) is 3.00. The molecule has 1 aromatic carbocycles. The summed E-state index contributed by atoms with van der Waals surface area (Å²) in [6.45, 7) is 5.34. The Kier molecular flexibility index (Phi) is 5.95. The Balaban J connectivity index is 1.25. The number of rotatable bonds is 6. The molecule has 1 amide bonds. The van der Waals surface area contributed by atoms with Crippen LogP contribution in [-0.2, 0) is 34.8 Å². The van der Waals surface area contributed by atoms with Gasteiger partial charge in [0.05, 0.1) is 20.2 Å². The maximum Gasteiger partial charge on any atom is 0.251 e. The summed E-state index contributed by atoms with van der Waals surface area (Å²) in [7, 11) is 1.64. The Hall–Kier alpha value is -3.10. The largest absolute Gasteiger partial charge is 0.497 e. The molecule has 8 nitrogen and oxygen atoms in total. The summed E-state index contributed by atoms with van der Waals surface area (Å²) in [5, 5.41) is 3.03. The first-order valence-corrected chi connectivity index (χ1v) is 11.4. The molecule has 2 aliphatic rings. The molecular weight excluding hydrogens is 420 g/mol. The molecule has 1 unspecified atom stereocenters. The smallest absolute Gasteiger partial charge is 0.251 e. The highest BCUT2D eigenvalue weighted by molar-refractivity contribution is 5.81. The van der Waals surface area contributed by atoms with Crippen molar-refractivity contribution in [2.24, 2.45) is 0 Å². The second kappa shape index (κ2) is 9.03. The highest BCUT2D eigenvalue weighted by atomic mass is 16.5. The van der Waals surface area contributed by atoms with Gasteiger partial charge in [0.25, 0.3) is 5.91 Å². The van der Waals surface area contributed by atoms with Gasteiger partial charge in [-0.3, -0.25) is 9.69 Å². The van der Waals surface area contributed by atoms with Gasteiger partial charge in [-0.2, -0.15) is 0 Å². The molecule has 0 radical (unpaired) electrons. The number of nitrogens with zero attached hydrogens (tertiary/aromatic N) is 3. The van der Waals surface area contributed by atoms with Crippen molar-refractivity contribution in [3.8, 4) is 5.75 Å². The lowest BCUT2D eigenvalue weighted by Crippen LogP contribution is -2.53. The van der Waals surface area contributed by atoms with Crippen LogP contribution in [0, 0.1) is 6.92 Å². The monoisotopic (exact) mass is 450 g/mol. The van der Waals surface area contributed by atoms with E-state index in [0.717, 1.165) is 61.1 Å². The molecule has 1 fully saturated rings. The second-order valence-corrected chi connectivity index (χ2v) is 8.86. The van der Waals surface area contributed by atoms with Crippen molar-refractivity contribution in [3.05, 3.63) is 71.7 Å². The standard InChI is InChI=1S/C25H30N4O4/c1-18-6-7-21(32-18)16-28-11-8-25(9-12-28)24-26-10-13-29(24)17-22(33-25)23(30)27-15-19-4-3-5-20(14-19)31-2/h3-7,10,13-14,22H,8-9,11-12,15-17H2,1-2H3,(H,27,30). The van der Waals surface area contributed by atoms with Crippen LogP contribution in [0.3, 0.4) is 0 Å². The third-order valence-corrected chi connectivity index (χ3v) is 6.59. The summed E-state index contributed by atoms with van der Waals surface area (Å²) in [4.78, 5) is 20.0. The Labute approximate surface area is 193 Å². The number of carbonyl (C=O) groups is 1. The van der Waals surface area contributed by atoms with Crippen LogP contribution in [0.15, 0.2) is 53.2 Å². The third kappa shape index (κ3) is 4.54.